The van der Waals surface area contributed by atoms with Crippen molar-refractivity contribution >= 4 is 41.5 Å². The van der Waals surface area contributed by atoms with Gasteiger partial charge in [-0.2, -0.15) is 0 Å². The molecule has 6 heteroatoms. The number of hydrogen-bond donors (Lipinski definition) is 3. The molecule has 5 nitrogen and oxygen atoms in total. The second kappa shape index (κ2) is 3.48. The van der Waals surface area contributed by atoms with Gasteiger partial charge in [-0.05, 0) is 18.8 Å². The van der Waals surface area contributed by atoms with Crippen molar-refractivity contribution < 1.29 is 19.8 Å². The van der Waals surface area contributed by atoms with E-state index in [1.54, 1.807) is 0 Å². The normalized spacial score (nSPS) is 43.6. The Bertz CT molecular complexity index is 295. The van der Waals surface area contributed by atoms with Gasteiger partial charge in [-0.25, -0.2) is 0 Å². The molecule has 0 spiro atoms. The third-order valence-electron chi connectivity index (χ3n) is 3.34. The molecule has 4 atom stereocenters. The van der Waals surface area contributed by atoms with E-state index in [9.17, 15) is 9.59 Å². The van der Waals surface area contributed by atoms with Gasteiger partial charge in [0.1, 0.15) is 5.54 Å². The van der Waals surface area contributed by atoms with Crippen molar-refractivity contribution in [1.29, 1.82) is 0 Å². The maximum absolute atomic E-state index is 10.8. The summed E-state index contributed by atoms with van der Waals surface area (Å²) < 4.78 is 0. The smallest absolute Gasteiger partial charge is 0.324 e. The number of fused-ring (bicyclic) bond motifs is 1. The molecule has 0 aliphatic heterocycles. The second-order valence-corrected chi connectivity index (χ2v) is 3.94. The maximum Gasteiger partial charge on any atom is 0.324 e. The van der Waals surface area contributed by atoms with Gasteiger partial charge in [0.25, 0.3) is 0 Å². The Morgan fingerprint density at radius 1 is 1.36 bits per heavy atom. The number of rotatable bonds is 2. The van der Waals surface area contributed by atoms with Gasteiger partial charge in [0.15, 0.2) is 0 Å². The SMILES string of the molecule is NC1(C(=O)O)CCC2C(C(=O)O)C21.[Na]. The maximum atomic E-state index is 10.8. The third kappa shape index (κ3) is 1.39. The van der Waals surface area contributed by atoms with E-state index in [0.29, 0.717) is 12.8 Å². The van der Waals surface area contributed by atoms with Crippen LogP contribution in [-0.2, 0) is 9.59 Å². The molecule has 14 heavy (non-hydrogen) atoms. The van der Waals surface area contributed by atoms with E-state index in [1.165, 1.54) is 0 Å². The summed E-state index contributed by atoms with van der Waals surface area (Å²) in [5.41, 5.74) is 4.37. The molecule has 4 N–H and O–H groups in total. The minimum Gasteiger partial charge on any atom is -0.481 e. The van der Waals surface area contributed by atoms with Crippen molar-refractivity contribution in [2.75, 3.05) is 0 Å². The summed E-state index contributed by atoms with van der Waals surface area (Å²) in [5.74, 6) is -2.84. The topological polar surface area (TPSA) is 101 Å². The quantitative estimate of drug-likeness (QED) is 0.512. The van der Waals surface area contributed by atoms with Gasteiger partial charge in [0, 0.05) is 35.5 Å². The molecule has 2 fully saturated rings. The second-order valence-electron chi connectivity index (χ2n) is 3.94. The summed E-state index contributed by atoms with van der Waals surface area (Å²) in [6, 6.07) is 0. The van der Waals surface area contributed by atoms with Crippen LogP contribution in [0.4, 0.5) is 0 Å². The molecule has 0 aromatic heterocycles. The first kappa shape index (κ1) is 12.0. The number of carboxylic acid groups (broad SMARTS) is 2. The minimum atomic E-state index is -1.28. The van der Waals surface area contributed by atoms with Gasteiger partial charge >= 0.3 is 11.9 Å². The summed E-state index contributed by atoms with van der Waals surface area (Å²) in [4.78, 5) is 21.4. The fraction of sp³-hybridized carbons (Fsp3) is 0.750. The summed E-state index contributed by atoms with van der Waals surface area (Å²) in [6.07, 6.45) is 1.03. The third-order valence-corrected chi connectivity index (χ3v) is 3.34. The number of hydrogen-bond acceptors (Lipinski definition) is 3. The van der Waals surface area contributed by atoms with Crippen LogP contribution in [0.25, 0.3) is 0 Å². The average molecular weight is 208 g/mol. The Kier molecular flexibility index (Phi) is 2.98. The monoisotopic (exact) mass is 208 g/mol. The van der Waals surface area contributed by atoms with Gasteiger partial charge in [-0.1, -0.05) is 0 Å². The van der Waals surface area contributed by atoms with Crippen LogP contribution in [0, 0.1) is 17.8 Å². The molecule has 0 bridgehead atoms. The van der Waals surface area contributed by atoms with Gasteiger partial charge in [-0.15, -0.1) is 0 Å². The van der Waals surface area contributed by atoms with Crippen LogP contribution in [0.3, 0.4) is 0 Å². The minimum absolute atomic E-state index is 0. The van der Waals surface area contributed by atoms with E-state index in [4.69, 9.17) is 15.9 Å². The molecule has 0 amide bonds. The van der Waals surface area contributed by atoms with Gasteiger partial charge < -0.3 is 15.9 Å². The number of nitrogens with two attached hydrogens (primary N) is 1. The summed E-state index contributed by atoms with van der Waals surface area (Å²) in [6.45, 7) is 0. The Balaban J connectivity index is 0.000000980. The van der Waals surface area contributed by atoms with E-state index >= 15 is 0 Å². The molecule has 0 heterocycles. The van der Waals surface area contributed by atoms with Crippen molar-refractivity contribution in [3.63, 3.8) is 0 Å². The van der Waals surface area contributed by atoms with Crippen LogP contribution in [0.2, 0.25) is 0 Å². The number of carboxylic acids is 2. The average Bonchev–Trinajstić information content (AvgIpc) is 2.66. The van der Waals surface area contributed by atoms with Gasteiger partial charge in [0.2, 0.25) is 0 Å². The van der Waals surface area contributed by atoms with Crippen molar-refractivity contribution in [2.45, 2.75) is 18.4 Å². The number of carbonyl (C=O) groups is 2. The molecule has 2 aliphatic carbocycles. The first-order valence-electron chi connectivity index (χ1n) is 4.23. The molecule has 4 unspecified atom stereocenters. The zero-order chi connectivity index (χ0) is 9.80. The molecule has 0 aromatic carbocycles. The van der Waals surface area contributed by atoms with Crippen LogP contribution in [0.5, 0.6) is 0 Å². The standard InChI is InChI=1S/C8H11NO4.Na/c9-8(7(12)13)2-1-3-4(5(3)8)6(10)11;/h3-5H,1-2,9H2,(H,10,11)(H,12,13);. The summed E-state index contributed by atoms with van der Waals surface area (Å²) in [5, 5.41) is 17.6. The Morgan fingerprint density at radius 3 is 2.29 bits per heavy atom. The zero-order valence-electron chi connectivity index (χ0n) is 7.93. The van der Waals surface area contributed by atoms with Gasteiger partial charge in [0.05, 0.1) is 5.92 Å². The van der Waals surface area contributed by atoms with E-state index in [1.807, 2.05) is 0 Å². The van der Waals surface area contributed by atoms with Crippen LogP contribution in [0.15, 0.2) is 0 Å². The molecular weight excluding hydrogens is 197 g/mol. The summed E-state index contributed by atoms with van der Waals surface area (Å²) in [7, 11) is 0. The predicted octanol–water partition coefficient (Wildman–Crippen LogP) is -0.872. The van der Waals surface area contributed by atoms with Crippen LogP contribution in [-0.4, -0.2) is 57.2 Å². The van der Waals surface area contributed by atoms with Crippen molar-refractivity contribution in [2.24, 2.45) is 23.5 Å². The van der Waals surface area contributed by atoms with E-state index in [0.717, 1.165) is 0 Å². The van der Waals surface area contributed by atoms with Crippen LogP contribution < -0.4 is 5.73 Å². The van der Waals surface area contributed by atoms with Crippen molar-refractivity contribution in [1.82, 2.24) is 0 Å². The molecule has 1 radical (unpaired) electrons. The molecule has 2 aliphatic rings. The van der Waals surface area contributed by atoms with Gasteiger partial charge in [-0.3, -0.25) is 9.59 Å². The fourth-order valence-corrected chi connectivity index (χ4v) is 2.59. The van der Waals surface area contributed by atoms with E-state index in [-0.39, 0.29) is 41.4 Å². The first-order valence-corrected chi connectivity index (χ1v) is 4.23. The largest absolute Gasteiger partial charge is 0.481 e. The van der Waals surface area contributed by atoms with Crippen LogP contribution >= 0.6 is 0 Å². The molecule has 2 saturated carbocycles. The molecule has 0 aromatic rings. The molecule has 2 rings (SSSR count). The van der Waals surface area contributed by atoms with Crippen molar-refractivity contribution in [3.05, 3.63) is 0 Å². The van der Waals surface area contributed by atoms with E-state index in [2.05, 4.69) is 0 Å². The fourth-order valence-electron chi connectivity index (χ4n) is 2.59. The Labute approximate surface area is 103 Å². The molecular formula is C8H11NNaO4. The van der Waals surface area contributed by atoms with E-state index < -0.39 is 23.4 Å². The summed E-state index contributed by atoms with van der Waals surface area (Å²) >= 11 is 0. The molecule has 0 saturated heterocycles. The first-order chi connectivity index (χ1) is 5.98. The van der Waals surface area contributed by atoms with Crippen molar-refractivity contribution in [3.8, 4) is 0 Å². The Hall–Kier alpha value is -0.100. The Morgan fingerprint density at radius 2 is 1.93 bits per heavy atom. The zero-order valence-corrected chi connectivity index (χ0v) is 9.93. The molecule has 73 valence electrons. The van der Waals surface area contributed by atoms with Crippen LogP contribution in [0.1, 0.15) is 12.8 Å². The predicted molar refractivity (Wildman–Crippen MR) is 47.6 cm³/mol. The number of aliphatic carboxylic acids is 2.